The second kappa shape index (κ2) is 5.08. The number of nitrogens with one attached hydrogen (secondary N) is 1. The van der Waals surface area contributed by atoms with E-state index in [-0.39, 0.29) is 23.2 Å². The van der Waals surface area contributed by atoms with Crippen molar-refractivity contribution in [3.05, 3.63) is 11.6 Å². The first kappa shape index (κ1) is 14.7. The molecule has 1 atom stereocenters. The number of amides is 1. The molecule has 1 aromatic heterocycles. The lowest BCUT2D eigenvalue weighted by Gasteiger charge is -2.26. The van der Waals surface area contributed by atoms with Crippen molar-refractivity contribution in [1.82, 2.24) is 20.1 Å². The van der Waals surface area contributed by atoms with Crippen molar-refractivity contribution in [3.8, 4) is 0 Å². The zero-order chi connectivity index (χ0) is 14.1. The maximum atomic E-state index is 12.2. The molecule has 0 saturated carbocycles. The van der Waals surface area contributed by atoms with E-state index in [4.69, 9.17) is 0 Å². The van der Waals surface area contributed by atoms with Crippen LogP contribution in [0.5, 0.6) is 0 Å². The molecule has 0 aliphatic carbocycles. The Morgan fingerprint density at radius 1 is 1.28 bits per heavy atom. The number of aromatic nitrogens is 3. The summed E-state index contributed by atoms with van der Waals surface area (Å²) < 4.78 is 0. The van der Waals surface area contributed by atoms with E-state index in [0.717, 1.165) is 5.82 Å². The summed E-state index contributed by atoms with van der Waals surface area (Å²) >= 11 is 0. The lowest BCUT2D eigenvalue weighted by Crippen LogP contribution is -2.38. The predicted molar refractivity (Wildman–Crippen MR) is 71.5 cm³/mol. The number of carbonyl (C=O) groups excluding carboxylic acids is 1. The normalized spacial score (nSPS) is 13.8. The van der Waals surface area contributed by atoms with Crippen molar-refractivity contribution in [1.29, 1.82) is 0 Å². The van der Waals surface area contributed by atoms with E-state index < -0.39 is 0 Å². The first-order valence-electron chi connectivity index (χ1n) is 6.34. The summed E-state index contributed by atoms with van der Waals surface area (Å²) in [4.78, 5) is 18.2. The Morgan fingerprint density at radius 3 is 2.22 bits per heavy atom. The molecule has 1 aromatic rings. The van der Waals surface area contributed by atoms with Gasteiger partial charge in [0, 0.05) is 18.5 Å². The Labute approximate surface area is 109 Å². The number of H-pyrrole nitrogens is 1. The van der Waals surface area contributed by atoms with Crippen LogP contribution in [-0.2, 0) is 5.41 Å². The smallest absolute Gasteiger partial charge is 0.293 e. The molecule has 18 heavy (non-hydrogen) atoms. The summed E-state index contributed by atoms with van der Waals surface area (Å²) in [5.41, 5.74) is -0.131. The average molecular weight is 252 g/mol. The van der Waals surface area contributed by atoms with Crippen LogP contribution >= 0.6 is 0 Å². The first-order chi connectivity index (χ1) is 8.14. The van der Waals surface area contributed by atoms with Crippen molar-refractivity contribution in [2.24, 2.45) is 5.92 Å². The Hall–Kier alpha value is -1.39. The Balaban J connectivity index is 2.88. The van der Waals surface area contributed by atoms with E-state index in [1.54, 1.807) is 11.9 Å². The monoisotopic (exact) mass is 252 g/mol. The van der Waals surface area contributed by atoms with E-state index in [9.17, 15) is 4.79 Å². The lowest BCUT2D eigenvalue weighted by molar-refractivity contribution is 0.0695. The molecule has 0 aromatic carbocycles. The average Bonchev–Trinajstić information content (AvgIpc) is 2.74. The summed E-state index contributed by atoms with van der Waals surface area (Å²) in [7, 11) is 1.79. The van der Waals surface area contributed by atoms with E-state index in [2.05, 4.69) is 29.0 Å². The van der Waals surface area contributed by atoms with Gasteiger partial charge in [0.05, 0.1) is 0 Å². The molecule has 1 unspecified atom stereocenters. The van der Waals surface area contributed by atoms with Crippen molar-refractivity contribution < 1.29 is 4.79 Å². The summed E-state index contributed by atoms with van der Waals surface area (Å²) in [5.74, 6) is 1.24. The van der Waals surface area contributed by atoms with Crippen molar-refractivity contribution in [3.63, 3.8) is 0 Å². The van der Waals surface area contributed by atoms with E-state index >= 15 is 0 Å². The maximum absolute atomic E-state index is 12.2. The fourth-order valence-corrected chi connectivity index (χ4v) is 1.48. The standard InChI is InChI=1S/C13H24N4O/c1-8(2)9(3)17(7)11(18)10-14-12(16-15-10)13(4,5)6/h8-9H,1-7H3,(H,14,15,16). The van der Waals surface area contributed by atoms with Crippen LogP contribution in [0.4, 0.5) is 0 Å². The van der Waals surface area contributed by atoms with Crippen LogP contribution in [0.2, 0.25) is 0 Å². The highest BCUT2D eigenvalue weighted by Crippen LogP contribution is 2.18. The minimum atomic E-state index is -0.136. The van der Waals surface area contributed by atoms with Gasteiger partial charge in [-0.1, -0.05) is 34.6 Å². The number of rotatable bonds is 3. The van der Waals surface area contributed by atoms with Gasteiger partial charge in [-0.3, -0.25) is 9.89 Å². The molecule has 0 spiro atoms. The first-order valence-corrected chi connectivity index (χ1v) is 6.34. The van der Waals surface area contributed by atoms with Gasteiger partial charge in [0.25, 0.3) is 5.91 Å². The third kappa shape index (κ3) is 3.09. The van der Waals surface area contributed by atoms with Gasteiger partial charge in [-0.25, -0.2) is 4.98 Å². The van der Waals surface area contributed by atoms with Gasteiger partial charge in [-0.05, 0) is 12.8 Å². The van der Waals surface area contributed by atoms with E-state index in [0.29, 0.717) is 5.92 Å². The Bertz CT molecular complexity index is 417. The van der Waals surface area contributed by atoms with Gasteiger partial charge < -0.3 is 4.90 Å². The van der Waals surface area contributed by atoms with Gasteiger partial charge in [-0.15, -0.1) is 5.10 Å². The van der Waals surface area contributed by atoms with Gasteiger partial charge in [0.1, 0.15) is 5.82 Å². The zero-order valence-electron chi connectivity index (χ0n) is 12.4. The summed E-state index contributed by atoms with van der Waals surface area (Å²) in [6.07, 6.45) is 0. The second-order valence-electron chi connectivity index (χ2n) is 6.16. The molecular formula is C13H24N4O. The molecule has 102 valence electrons. The molecule has 0 aliphatic heterocycles. The number of carbonyl (C=O) groups is 1. The minimum absolute atomic E-state index is 0.131. The lowest BCUT2D eigenvalue weighted by atomic mass is 9.96. The molecule has 5 heteroatoms. The van der Waals surface area contributed by atoms with Gasteiger partial charge in [0.15, 0.2) is 0 Å². The quantitative estimate of drug-likeness (QED) is 0.897. The maximum Gasteiger partial charge on any atom is 0.293 e. The van der Waals surface area contributed by atoms with Crippen molar-refractivity contribution in [2.45, 2.75) is 53.0 Å². The Kier molecular flexibility index (Phi) is 4.14. The molecule has 0 saturated heterocycles. The molecule has 1 amide bonds. The molecule has 1 rings (SSSR count). The minimum Gasteiger partial charge on any atom is -0.336 e. The molecule has 0 aliphatic rings. The van der Waals surface area contributed by atoms with Crippen LogP contribution in [0.1, 0.15) is 58.0 Å². The molecule has 0 radical (unpaired) electrons. The predicted octanol–water partition coefficient (Wildman–Crippen LogP) is 2.22. The van der Waals surface area contributed by atoms with Crippen LogP contribution < -0.4 is 0 Å². The fraction of sp³-hybridized carbons (Fsp3) is 0.769. The third-order valence-electron chi connectivity index (χ3n) is 3.28. The molecule has 5 nitrogen and oxygen atoms in total. The number of aromatic amines is 1. The molecule has 1 N–H and O–H groups in total. The van der Waals surface area contributed by atoms with Crippen molar-refractivity contribution in [2.75, 3.05) is 7.05 Å². The number of nitrogens with zero attached hydrogens (tertiary/aromatic N) is 3. The SMILES string of the molecule is CC(C)C(C)N(C)C(=O)c1n[nH]c(C(C)(C)C)n1. The van der Waals surface area contributed by atoms with Crippen LogP contribution in [0, 0.1) is 5.92 Å². The summed E-state index contributed by atoms with van der Waals surface area (Å²) in [6.45, 7) is 12.3. The van der Waals surface area contributed by atoms with Gasteiger partial charge in [0.2, 0.25) is 5.82 Å². The van der Waals surface area contributed by atoms with Crippen LogP contribution in [0.25, 0.3) is 0 Å². The number of hydrogen-bond acceptors (Lipinski definition) is 3. The van der Waals surface area contributed by atoms with Crippen LogP contribution in [0.3, 0.4) is 0 Å². The molecule has 1 heterocycles. The summed E-state index contributed by atoms with van der Waals surface area (Å²) in [5, 5.41) is 6.86. The largest absolute Gasteiger partial charge is 0.336 e. The number of hydrogen-bond donors (Lipinski definition) is 1. The van der Waals surface area contributed by atoms with Crippen LogP contribution in [-0.4, -0.2) is 39.1 Å². The van der Waals surface area contributed by atoms with Crippen molar-refractivity contribution >= 4 is 5.91 Å². The van der Waals surface area contributed by atoms with Gasteiger partial charge >= 0.3 is 0 Å². The zero-order valence-corrected chi connectivity index (χ0v) is 12.4. The molecule has 0 bridgehead atoms. The highest BCUT2D eigenvalue weighted by atomic mass is 16.2. The van der Waals surface area contributed by atoms with E-state index in [1.807, 2.05) is 27.7 Å². The van der Waals surface area contributed by atoms with Crippen LogP contribution in [0.15, 0.2) is 0 Å². The van der Waals surface area contributed by atoms with Gasteiger partial charge in [-0.2, -0.15) is 0 Å². The highest BCUT2D eigenvalue weighted by molar-refractivity contribution is 5.90. The van der Waals surface area contributed by atoms with E-state index in [1.165, 1.54) is 0 Å². The molecule has 0 fully saturated rings. The fourth-order valence-electron chi connectivity index (χ4n) is 1.48. The topological polar surface area (TPSA) is 61.9 Å². The third-order valence-corrected chi connectivity index (χ3v) is 3.28. The summed E-state index contributed by atoms with van der Waals surface area (Å²) in [6, 6.07) is 0.161. The second-order valence-corrected chi connectivity index (χ2v) is 6.16. The highest BCUT2D eigenvalue weighted by Gasteiger charge is 2.25. The molecular weight excluding hydrogens is 228 g/mol. The Morgan fingerprint density at radius 2 is 1.83 bits per heavy atom.